The van der Waals surface area contributed by atoms with Gasteiger partial charge in [-0.3, -0.25) is 4.90 Å². The summed E-state index contributed by atoms with van der Waals surface area (Å²) < 4.78 is 23.0. The lowest BCUT2D eigenvalue weighted by Crippen LogP contribution is -2.54. The van der Waals surface area contributed by atoms with Crippen molar-refractivity contribution in [2.75, 3.05) is 31.1 Å². The molecule has 0 spiro atoms. The first-order valence-electron chi connectivity index (χ1n) is 6.64. The minimum Gasteiger partial charge on any atom is -0.311 e. The Kier molecular flexibility index (Phi) is 4.10. The van der Waals surface area contributed by atoms with Crippen LogP contribution in [0.2, 0.25) is 0 Å². The highest BCUT2D eigenvalue weighted by Gasteiger charge is 2.34. The topological polar surface area (TPSA) is 49.4 Å². The minimum atomic E-state index is -2.75. The second-order valence-corrected chi connectivity index (χ2v) is 8.06. The van der Waals surface area contributed by atoms with Crippen LogP contribution in [0.15, 0.2) is 0 Å². The van der Waals surface area contributed by atoms with Crippen molar-refractivity contribution in [2.24, 2.45) is 5.92 Å². The third-order valence-corrected chi connectivity index (χ3v) is 5.52. The van der Waals surface area contributed by atoms with Crippen LogP contribution in [0.5, 0.6) is 0 Å². The Bertz CT molecular complexity index is 354. The molecule has 2 fully saturated rings. The third-order valence-electron chi connectivity index (χ3n) is 3.77. The fourth-order valence-corrected chi connectivity index (χ4v) is 4.73. The maximum absolute atomic E-state index is 11.5. The predicted octanol–water partition coefficient (Wildman–Crippen LogP) is 0.493. The molecule has 100 valence electrons. The molecule has 2 aliphatic rings. The monoisotopic (exact) mass is 260 g/mol. The van der Waals surface area contributed by atoms with Crippen molar-refractivity contribution in [1.29, 1.82) is 0 Å². The summed E-state index contributed by atoms with van der Waals surface area (Å²) in [5, 5.41) is 3.53. The van der Waals surface area contributed by atoms with E-state index in [0.717, 1.165) is 26.1 Å². The van der Waals surface area contributed by atoms with Crippen LogP contribution >= 0.6 is 0 Å². The number of hydrogen-bond donors (Lipinski definition) is 1. The van der Waals surface area contributed by atoms with Crippen molar-refractivity contribution in [3.05, 3.63) is 0 Å². The molecular formula is C12H24N2O2S. The van der Waals surface area contributed by atoms with E-state index >= 15 is 0 Å². The Morgan fingerprint density at radius 3 is 2.76 bits per heavy atom. The molecule has 2 atom stereocenters. The highest BCUT2D eigenvalue weighted by atomic mass is 32.2. The summed E-state index contributed by atoms with van der Waals surface area (Å²) in [6, 6.07) is 0.809. The predicted molar refractivity (Wildman–Crippen MR) is 69.9 cm³/mol. The maximum atomic E-state index is 11.5. The van der Waals surface area contributed by atoms with E-state index < -0.39 is 9.84 Å². The molecule has 0 saturated carbocycles. The van der Waals surface area contributed by atoms with Crippen LogP contribution in [-0.4, -0.2) is 56.5 Å². The van der Waals surface area contributed by atoms with Gasteiger partial charge in [0.05, 0.1) is 11.5 Å². The van der Waals surface area contributed by atoms with Gasteiger partial charge >= 0.3 is 0 Å². The first kappa shape index (κ1) is 13.3. The molecule has 0 radical (unpaired) electrons. The summed E-state index contributed by atoms with van der Waals surface area (Å²) in [6.45, 7) is 7.47. The van der Waals surface area contributed by atoms with E-state index in [1.807, 2.05) is 0 Å². The van der Waals surface area contributed by atoms with Gasteiger partial charge in [0.2, 0.25) is 0 Å². The molecule has 0 amide bonds. The van der Waals surface area contributed by atoms with Gasteiger partial charge in [0.15, 0.2) is 9.84 Å². The summed E-state index contributed by atoms with van der Waals surface area (Å²) >= 11 is 0. The lowest BCUT2D eigenvalue weighted by atomic mass is 10.0. The highest BCUT2D eigenvalue weighted by Crippen LogP contribution is 2.20. The Morgan fingerprint density at radius 1 is 1.41 bits per heavy atom. The van der Waals surface area contributed by atoms with E-state index in [1.165, 1.54) is 6.42 Å². The Morgan fingerprint density at radius 2 is 2.18 bits per heavy atom. The van der Waals surface area contributed by atoms with E-state index in [4.69, 9.17) is 0 Å². The molecule has 0 bridgehead atoms. The average Bonchev–Trinajstić information content (AvgIpc) is 2.58. The summed E-state index contributed by atoms with van der Waals surface area (Å²) in [5.74, 6) is 1.46. The summed E-state index contributed by atoms with van der Waals surface area (Å²) in [7, 11) is -2.75. The standard InChI is InChI=1S/C12H24N2O2S/c1-10(2)7-11-8-14(5-4-13-11)12-3-6-17(15,16)9-12/h10-13H,3-9H2,1-2H3. The third kappa shape index (κ3) is 3.66. The fourth-order valence-electron chi connectivity index (χ4n) is 2.97. The quantitative estimate of drug-likeness (QED) is 0.802. The second kappa shape index (κ2) is 5.24. The number of rotatable bonds is 3. The number of sulfone groups is 1. The van der Waals surface area contributed by atoms with E-state index in [-0.39, 0.29) is 6.04 Å². The van der Waals surface area contributed by atoms with Gasteiger partial charge in [0.25, 0.3) is 0 Å². The van der Waals surface area contributed by atoms with Crippen LogP contribution in [0.4, 0.5) is 0 Å². The Hall–Kier alpha value is -0.130. The van der Waals surface area contributed by atoms with Gasteiger partial charge in [0.1, 0.15) is 0 Å². The van der Waals surface area contributed by atoms with Crippen molar-refractivity contribution >= 4 is 9.84 Å². The van der Waals surface area contributed by atoms with Crippen molar-refractivity contribution in [2.45, 2.75) is 38.8 Å². The number of hydrogen-bond acceptors (Lipinski definition) is 4. The molecule has 0 aromatic rings. The zero-order chi connectivity index (χ0) is 12.5. The maximum Gasteiger partial charge on any atom is 0.151 e. The van der Waals surface area contributed by atoms with E-state index in [2.05, 4.69) is 24.1 Å². The highest BCUT2D eigenvalue weighted by molar-refractivity contribution is 7.91. The fraction of sp³-hybridized carbons (Fsp3) is 1.00. The first-order valence-corrected chi connectivity index (χ1v) is 8.46. The minimum absolute atomic E-state index is 0.275. The molecule has 2 aliphatic heterocycles. The SMILES string of the molecule is CC(C)CC1CN(C2CCS(=O)(=O)C2)CCN1. The van der Waals surface area contributed by atoms with Gasteiger partial charge in [-0.25, -0.2) is 8.42 Å². The van der Waals surface area contributed by atoms with Gasteiger partial charge in [-0.15, -0.1) is 0 Å². The molecule has 2 saturated heterocycles. The molecule has 2 unspecified atom stereocenters. The first-order chi connectivity index (χ1) is 7.96. The van der Waals surface area contributed by atoms with Crippen LogP contribution in [0.1, 0.15) is 26.7 Å². The molecule has 0 aliphatic carbocycles. The largest absolute Gasteiger partial charge is 0.311 e. The summed E-state index contributed by atoms with van der Waals surface area (Å²) in [6.07, 6.45) is 2.01. The van der Waals surface area contributed by atoms with Gasteiger partial charge in [0, 0.05) is 31.7 Å². The average molecular weight is 260 g/mol. The molecule has 0 aromatic carbocycles. The number of piperazine rings is 1. The van der Waals surface area contributed by atoms with Crippen molar-refractivity contribution in [3.63, 3.8) is 0 Å². The van der Waals surface area contributed by atoms with Crippen LogP contribution in [0.25, 0.3) is 0 Å². The van der Waals surface area contributed by atoms with Crippen LogP contribution < -0.4 is 5.32 Å². The van der Waals surface area contributed by atoms with Gasteiger partial charge in [-0.05, 0) is 18.8 Å². The zero-order valence-corrected chi connectivity index (χ0v) is 11.7. The van der Waals surface area contributed by atoms with E-state index in [0.29, 0.717) is 23.5 Å². The number of nitrogens with one attached hydrogen (secondary N) is 1. The van der Waals surface area contributed by atoms with Crippen LogP contribution in [0, 0.1) is 5.92 Å². The molecule has 2 rings (SSSR count). The van der Waals surface area contributed by atoms with Crippen molar-refractivity contribution < 1.29 is 8.42 Å². The van der Waals surface area contributed by atoms with Gasteiger partial charge in [-0.1, -0.05) is 13.8 Å². The van der Waals surface area contributed by atoms with Crippen LogP contribution in [-0.2, 0) is 9.84 Å². The van der Waals surface area contributed by atoms with E-state index in [1.54, 1.807) is 0 Å². The molecular weight excluding hydrogens is 236 g/mol. The number of nitrogens with zero attached hydrogens (tertiary/aromatic N) is 1. The van der Waals surface area contributed by atoms with Crippen molar-refractivity contribution in [3.8, 4) is 0 Å². The second-order valence-electron chi connectivity index (χ2n) is 5.83. The van der Waals surface area contributed by atoms with E-state index in [9.17, 15) is 8.42 Å². The van der Waals surface area contributed by atoms with Crippen molar-refractivity contribution in [1.82, 2.24) is 10.2 Å². The molecule has 17 heavy (non-hydrogen) atoms. The summed E-state index contributed by atoms with van der Waals surface area (Å²) in [5.41, 5.74) is 0. The van der Waals surface area contributed by atoms with Crippen LogP contribution in [0.3, 0.4) is 0 Å². The molecule has 0 aromatic heterocycles. The molecule has 5 heteroatoms. The Labute approximate surface area is 105 Å². The molecule has 1 N–H and O–H groups in total. The summed E-state index contributed by atoms with van der Waals surface area (Å²) in [4.78, 5) is 2.38. The smallest absolute Gasteiger partial charge is 0.151 e. The molecule has 4 nitrogen and oxygen atoms in total. The van der Waals surface area contributed by atoms with Gasteiger partial charge < -0.3 is 5.32 Å². The lowest BCUT2D eigenvalue weighted by Gasteiger charge is -2.37. The Balaban J connectivity index is 1.89. The normalized spacial score (nSPS) is 34.3. The van der Waals surface area contributed by atoms with Gasteiger partial charge in [-0.2, -0.15) is 0 Å². The molecule has 2 heterocycles. The lowest BCUT2D eigenvalue weighted by molar-refractivity contribution is 0.146. The zero-order valence-electron chi connectivity index (χ0n) is 10.9.